The lowest BCUT2D eigenvalue weighted by Gasteiger charge is -2.21. The van der Waals surface area contributed by atoms with Gasteiger partial charge in [0.25, 0.3) is 5.91 Å². The molecule has 3 rings (SSSR count). The third-order valence-corrected chi connectivity index (χ3v) is 5.13. The van der Waals surface area contributed by atoms with Crippen LogP contribution in [-0.4, -0.2) is 27.1 Å². The number of aromatic nitrogens is 3. The molecule has 2 atom stereocenters. The van der Waals surface area contributed by atoms with Crippen molar-refractivity contribution < 1.29 is 4.79 Å². The number of amides is 1. The van der Waals surface area contributed by atoms with E-state index in [4.69, 9.17) is 0 Å². The highest BCUT2D eigenvalue weighted by Crippen LogP contribution is 2.31. The van der Waals surface area contributed by atoms with Crippen LogP contribution in [0.25, 0.3) is 0 Å². The minimum atomic E-state index is -0.215. The summed E-state index contributed by atoms with van der Waals surface area (Å²) in [4.78, 5) is 16.5. The second kappa shape index (κ2) is 8.19. The maximum absolute atomic E-state index is 12.1. The maximum Gasteiger partial charge on any atom is 0.259 e. The van der Waals surface area contributed by atoms with E-state index in [-0.39, 0.29) is 5.91 Å². The van der Waals surface area contributed by atoms with Crippen molar-refractivity contribution in [3.05, 3.63) is 29.4 Å². The molecule has 0 aliphatic heterocycles. The summed E-state index contributed by atoms with van der Waals surface area (Å²) in [5.74, 6) is 1.37. The predicted molar refractivity (Wildman–Crippen MR) is 96.4 cm³/mol. The maximum atomic E-state index is 12.1. The van der Waals surface area contributed by atoms with Gasteiger partial charge in [-0.1, -0.05) is 37.5 Å². The molecular weight excluding hydrogens is 322 g/mol. The SMILES string of the molecule is CCCCC1CCCC1Nc1ccc(C(=O)Nc2nncs2)cn1. The molecule has 1 aliphatic carbocycles. The first kappa shape index (κ1) is 16.8. The van der Waals surface area contributed by atoms with Gasteiger partial charge in [0.15, 0.2) is 0 Å². The molecule has 2 aromatic rings. The second-order valence-electron chi connectivity index (χ2n) is 6.21. The van der Waals surface area contributed by atoms with Gasteiger partial charge in [0.1, 0.15) is 11.3 Å². The minimum absolute atomic E-state index is 0.215. The zero-order chi connectivity index (χ0) is 16.8. The van der Waals surface area contributed by atoms with Crippen molar-refractivity contribution in [2.75, 3.05) is 10.6 Å². The topological polar surface area (TPSA) is 79.8 Å². The number of carbonyl (C=O) groups excluding carboxylic acids is 1. The molecule has 2 N–H and O–H groups in total. The van der Waals surface area contributed by atoms with E-state index < -0.39 is 0 Å². The largest absolute Gasteiger partial charge is 0.367 e. The van der Waals surface area contributed by atoms with Crippen LogP contribution in [0.5, 0.6) is 0 Å². The molecule has 24 heavy (non-hydrogen) atoms. The van der Waals surface area contributed by atoms with E-state index in [1.165, 1.54) is 49.9 Å². The van der Waals surface area contributed by atoms with E-state index in [1.807, 2.05) is 6.07 Å². The molecule has 2 heterocycles. The fraction of sp³-hybridized carbons (Fsp3) is 0.529. The summed E-state index contributed by atoms with van der Waals surface area (Å²) < 4.78 is 0. The van der Waals surface area contributed by atoms with Crippen molar-refractivity contribution in [2.24, 2.45) is 5.92 Å². The van der Waals surface area contributed by atoms with Gasteiger partial charge in [0.2, 0.25) is 5.13 Å². The number of rotatable bonds is 7. The summed E-state index contributed by atoms with van der Waals surface area (Å²) in [6.45, 7) is 2.24. The van der Waals surface area contributed by atoms with Crippen LogP contribution in [0.3, 0.4) is 0 Å². The van der Waals surface area contributed by atoms with Crippen LogP contribution in [0.15, 0.2) is 23.8 Å². The van der Waals surface area contributed by atoms with Crippen molar-refractivity contribution >= 4 is 28.2 Å². The van der Waals surface area contributed by atoms with Crippen molar-refractivity contribution in [3.63, 3.8) is 0 Å². The molecule has 0 saturated heterocycles. The molecule has 0 radical (unpaired) electrons. The van der Waals surface area contributed by atoms with Crippen molar-refractivity contribution in [1.82, 2.24) is 15.2 Å². The number of unbranched alkanes of at least 4 members (excludes halogenated alkanes) is 1. The van der Waals surface area contributed by atoms with Gasteiger partial charge in [0.05, 0.1) is 5.56 Å². The number of pyridine rings is 1. The Morgan fingerprint density at radius 2 is 2.29 bits per heavy atom. The lowest BCUT2D eigenvalue weighted by molar-refractivity contribution is 0.102. The van der Waals surface area contributed by atoms with Crippen LogP contribution in [0, 0.1) is 5.92 Å². The number of hydrogen-bond acceptors (Lipinski definition) is 6. The molecule has 128 valence electrons. The number of nitrogens with one attached hydrogen (secondary N) is 2. The van der Waals surface area contributed by atoms with Gasteiger partial charge in [0, 0.05) is 12.2 Å². The lowest BCUT2D eigenvalue weighted by atomic mass is 9.97. The zero-order valence-corrected chi connectivity index (χ0v) is 14.7. The van der Waals surface area contributed by atoms with E-state index in [9.17, 15) is 4.79 Å². The Bertz CT molecular complexity index is 644. The van der Waals surface area contributed by atoms with E-state index in [0.717, 1.165) is 11.7 Å². The Morgan fingerprint density at radius 1 is 1.38 bits per heavy atom. The van der Waals surface area contributed by atoms with Crippen molar-refractivity contribution in [2.45, 2.75) is 51.5 Å². The van der Waals surface area contributed by atoms with Gasteiger partial charge >= 0.3 is 0 Å². The summed E-state index contributed by atoms with van der Waals surface area (Å²) >= 11 is 1.29. The van der Waals surface area contributed by atoms with E-state index >= 15 is 0 Å². The third-order valence-electron chi connectivity index (χ3n) is 4.53. The second-order valence-corrected chi connectivity index (χ2v) is 7.05. The molecule has 1 saturated carbocycles. The Hall–Kier alpha value is -2.02. The van der Waals surface area contributed by atoms with Gasteiger partial charge in [-0.3, -0.25) is 10.1 Å². The number of nitrogens with zero attached hydrogens (tertiary/aromatic N) is 3. The first-order chi connectivity index (χ1) is 11.8. The van der Waals surface area contributed by atoms with Crippen LogP contribution in [-0.2, 0) is 0 Å². The van der Waals surface area contributed by atoms with Gasteiger partial charge in [-0.05, 0) is 37.3 Å². The molecule has 2 unspecified atom stereocenters. The van der Waals surface area contributed by atoms with Gasteiger partial charge < -0.3 is 5.32 Å². The Morgan fingerprint density at radius 3 is 3.00 bits per heavy atom. The summed E-state index contributed by atoms with van der Waals surface area (Å²) in [5.41, 5.74) is 2.10. The van der Waals surface area contributed by atoms with Gasteiger partial charge in [-0.15, -0.1) is 10.2 Å². The molecule has 1 fully saturated rings. The van der Waals surface area contributed by atoms with E-state index in [2.05, 4.69) is 32.7 Å². The average Bonchev–Trinajstić information content (AvgIpc) is 3.25. The molecule has 2 aromatic heterocycles. The highest BCUT2D eigenvalue weighted by Gasteiger charge is 2.26. The highest BCUT2D eigenvalue weighted by molar-refractivity contribution is 7.13. The Labute approximate surface area is 146 Å². The summed E-state index contributed by atoms with van der Waals surface area (Å²) in [5, 5.41) is 14.2. The first-order valence-corrected chi connectivity index (χ1v) is 9.44. The summed E-state index contributed by atoms with van der Waals surface area (Å²) in [6, 6.07) is 4.18. The Kier molecular flexibility index (Phi) is 5.74. The van der Waals surface area contributed by atoms with Crippen molar-refractivity contribution in [3.8, 4) is 0 Å². The zero-order valence-electron chi connectivity index (χ0n) is 13.9. The minimum Gasteiger partial charge on any atom is -0.367 e. The molecule has 0 aromatic carbocycles. The molecule has 6 nitrogen and oxygen atoms in total. The van der Waals surface area contributed by atoms with Crippen LogP contribution >= 0.6 is 11.3 Å². The quantitative estimate of drug-likeness (QED) is 0.794. The standard InChI is InChI=1S/C17H23N5OS/c1-2-3-5-12-6-4-7-14(12)20-15-9-8-13(10-18-15)16(23)21-17-22-19-11-24-17/h8-12,14H,2-7H2,1H3,(H,18,20)(H,21,22,23). The van der Waals surface area contributed by atoms with Crippen LogP contribution in [0.4, 0.5) is 10.9 Å². The smallest absolute Gasteiger partial charge is 0.259 e. The van der Waals surface area contributed by atoms with E-state index in [1.54, 1.807) is 17.8 Å². The van der Waals surface area contributed by atoms with Crippen LogP contribution in [0.1, 0.15) is 55.8 Å². The molecule has 1 aliphatic rings. The number of hydrogen-bond donors (Lipinski definition) is 2. The van der Waals surface area contributed by atoms with Crippen LogP contribution in [0.2, 0.25) is 0 Å². The van der Waals surface area contributed by atoms with Crippen molar-refractivity contribution in [1.29, 1.82) is 0 Å². The fourth-order valence-corrected chi connectivity index (χ4v) is 3.68. The highest BCUT2D eigenvalue weighted by atomic mass is 32.1. The summed E-state index contributed by atoms with van der Waals surface area (Å²) in [6.07, 6.45) is 9.23. The monoisotopic (exact) mass is 345 g/mol. The number of carbonyl (C=O) groups is 1. The van der Waals surface area contributed by atoms with E-state index in [0.29, 0.717) is 16.7 Å². The average molecular weight is 345 g/mol. The molecule has 0 spiro atoms. The molecular formula is C17H23N5OS. The summed E-state index contributed by atoms with van der Waals surface area (Å²) in [7, 11) is 0. The fourth-order valence-electron chi connectivity index (χ4n) is 3.24. The normalized spacial score (nSPS) is 20.0. The third kappa shape index (κ3) is 4.29. The van der Waals surface area contributed by atoms with Gasteiger partial charge in [-0.25, -0.2) is 4.98 Å². The molecule has 0 bridgehead atoms. The molecule has 1 amide bonds. The van der Waals surface area contributed by atoms with Gasteiger partial charge in [-0.2, -0.15) is 0 Å². The molecule has 7 heteroatoms. The number of anilines is 2. The lowest BCUT2D eigenvalue weighted by Crippen LogP contribution is -2.24. The predicted octanol–water partition coefficient (Wildman–Crippen LogP) is 3.96. The first-order valence-electron chi connectivity index (χ1n) is 8.56. The Balaban J connectivity index is 1.57. The van der Waals surface area contributed by atoms with Crippen LogP contribution < -0.4 is 10.6 Å².